The Morgan fingerprint density at radius 1 is 1.17 bits per heavy atom. The zero-order chi connectivity index (χ0) is 13.1. The molecule has 0 saturated heterocycles. The second kappa shape index (κ2) is 5.42. The molecule has 2 aromatic rings. The number of benzene rings is 1. The molecular formula is C12H12Cl2N4. The Kier molecular flexibility index (Phi) is 3.89. The fourth-order valence-electron chi connectivity index (χ4n) is 1.40. The molecule has 6 heteroatoms. The molecule has 94 valence electrons. The Morgan fingerprint density at radius 3 is 2.61 bits per heavy atom. The van der Waals surface area contributed by atoms with Gasteiger partial charge in [0.25, 0.3) is 0 Å². The van der Waals surface area contributed by atoms with Gasteiger partial charge in [0.2, 0.25) is 5.95 Å². The summed E-state index contributed by atoms with van der Waals surface area (Å²) >= 11 is 11.8. The summed E-state index contributed by atoms with van der Waals surface area (Å²) in [5, 5.41) is 7.10. The van der Waals surface area contributed by atoms with Crippen LogP contribution in [-0.2, 0) is 0 Å². The largest absolute Gasteiger partial charge is 0.357 e. The number of nitrogens with one attached hydrogen (secondary N) is 2. The molecule has 4 nitrogen and oxygen atoms in total. The topological polar surface area (TPSA) is 49.8 Å². The van der Waals surface area contributed by atoms with Crippen molar-refractivity contribution in [1.29, 1.82) is 0 Å². The fraction of sp³-hybridized carbons (Fsp3) is 0.167. The van der Waals surface area contributed by atoms with Crippen molar-refractivity contribution >= 4 is 40.7 Å². The van der Waals surface area contributed by atoms with Crippen LogP contribution in [0.15, 0.2) is 24.4 Å². The van der Waals surface area contributed by atoms with Gasteiger partial charge in [-0.25, -0.2) is 4.98 Å². The van der Waals surface area contributed by atoms with Gasteiger partial charge in [0.15, 0.2) is 0 Å². The van der Waals surface area contributed by atoms with E-state index in [0.717, 1.165) is 17.1 Å². The van der Waals surface area contributed by atoms with Crippen molar-refractivity contribution in [2.75, 3.05) is 17.7 Å². The minimum Gasteiger partial charge on any atom is -0.357 e. The Balaban J connectivity index is 2.30. The number of anilines is 3. The van der Waals surface area contributed by atoms with Gasteiger partial charge < -0.3 is 10.6 Å². The van der Waals surface area contributed by atoms with Crippen LogP contribution >= 0.6 is 23.2 Å². The summed E-state index contributed by atoms with van der Waals surface area (Å²) in [5.41, 5.74) is 1.77. The third kappa shape index (κ3) is 2.83. The van der Waals surface area contributed by atoms with Crippen LogP contribution in [0.3, 0.4) is 0 Å². The first-order valence-electron chi connectivity index (χ1n) is 5.33. The lowest BCUT2D eigenvalue weighted by atomic mass is 10.3. The molecule has 1 aromatic heterocycles. The van der Waals surface area contributed by atoms with Crippen LogP contribution in [-0.4, -0.2) is 17.0 Å². The molecule has 1 aromatic carbocycles. The monoisotopic (exact) mass is 282 g/mol. The standard InChI is InChI=1S/C12H12Cl2N4/c1-7-6-16-12(15-2)18-11(7)17-8-3-4-9(13)10(14)5-8/h3-6H,1-2H3,(H2,15,16,17,18). The smallest absolute Gasteiger partial charge is 0.224 e. The molecule has 2 N–H and O–H groups in total. The summed E-state index contributed by atoms with van der Waals surface area (Å²) in [7, 11) is 1.77. The second-order valence-electron chi connectivity index (χ2n) is 3.73. The van der Waals surface area contributed by atoms with E-state index in [-0.39, 0.29) is 0 Å². The number of halogens is 2. The van der Waals surface area contributed by atoms with Crippen molar-refractivity contribution in [3.63, 3.8) is 0 Å². The van der Waals surface area contributed by atoms with Gasteiger partial charge in [0.05, 0.1) is 10.0 Å². The maximum absolute atomic E-state index is 5.96. The Morgan fingerprint density at radius 2 is 1.94 bits per heavy atom. The highest BCUT2D eigenvalue weighted by Gasteiger charge is 2.05. The number of rotatable bonds is 3. The van der Waals surface area contributed by atoms with Gasteiger partial charge in [-0.3, -0.25) is 0 Å². The number of hydrogen-bond donors (Lipinski definition) is 2. The zero-order valence-electron chi connectivity index (χ0n) is 9.96. The van der Waals surface area contributed by atoms with E-state index in [9.17, 15) is 0 Å². The lowest BCUT2D eigenvalue weighted by Crippen LogP contribution is -2.02. The van der Waals surface area contributed by atoms with E-state index in [1.54, 1.807) is 25.4 Å². The predicted molar refractivity (Wildman–Crippen MR) is 76.1 cm³/mol. The van der Waals surface area contributed by atoms with Crippen molar-refractivity contribution in [3.8, 4) is 0 Å². The molecule has 18 heavy (non-hydrogen) atoms. The number of hydrogen-bond acceptors (Lipinski definition) is 4. The van der Waals surface area contributed by atoms with Crippen molar-refractivity contribution in [2.45, 2.75) is 6.92 Å². The molecule has 0 aliphatic rings. The van der Waals surface area contributed by atoms with Gasteiger partial charge in [0, 0.05) is 24.5 Å². The third-order valence-corrected chi connectivity index (χ3v) is 3.12. The van der Waals surface area contributed by atoms with E-state index in [1.807, 2.05) is 13.0 Å². The normalized spacial score (nSPS) is 10.2. The minimum absolute atomic E-state index is 0.502. The van der Waals surface area contributed by atoms with E-state index in [1.165, 1.54) is 0 Å². The van der Waals surface area contributed by atoms with Crippen molar-refractivity contribution in [1.82, 2.24) is 9.97 Å². The van der Waals surface area contributed by atoms with Gasteiger partial charge in [-0.15, -0.1) is 0 Å². The molecule has 0 amide bonds. The highest BCUT2D eigenvalue weighted by molar-refractivity contribution is 6.42. The second-order valence-corrected chi connectivity index (χ2v) is 4.54. The maximum atomic E-state index is 5.96. The van der Waals surface area contributed by atoms with Crippen molar-refractivity contribution in [3.05, 3.63) is 40.0 Å². The van der Waals surface area contributed by atoms with Crippen molar-refractivity contribution < 1.29 is 0 Å². The molecule has 2 rings (SSSR count). The first kappa shape index (κ1) is 12.9. The summed E-state index contributed by atoms with van der Waals surface area (Å²) in [4.78, 5) is 8.45. The Hall–Kier alpha value is -1.52. The van der Waals surface area contributed by atoms with Crippen LogP contribution in [0, 0.1) is 6.92 Å². The number of nitrogens with zero attached hydrogens (tertiary/aromatic N) is 2. The van der Waals surface area contributed by atoms with E-state index < -0.39 is 0 Å². The Labute approximate surface area is 115 Å². The molecule has 0 unspecified atom stereocenters. The summed E-state index contributed by atoms with van der Waals surface area (Å²) in [5.74, 6) is 1.29. The number of aryl methyl sites for hydroxylation is 1. The molecule has 1 heterocycles. The minimum atomic E-state index is 0.502. The van der Waals surface area contributed by atoms with Gasteiger partial charge in [-0.05, 0) is 25.1 Å². The lowest BCUT2D eigenvalue weighted by Gasteiger charge is -2.10. The third-order valence-electron chi connectivity index (χ3n) is 2.38. The van der Waals surface area contributed by atoms with Crippen LogP contribution in [0.1, 0.15) is 5.56 Å². The average molecular weight is 283 g/mol. The van der Waals surface area contributed by atoms with Crippen LogP contribution in [0.2, 0.25) is 10.0 Å². The molecule has 0 bridgehead atoms. The van der Waals surface area contributed by atoms with Crippen LogP contribution in [0.4, 0.5) is 17.5 Å². The summed E-state index contributed by atoms with van der Waals surface area (Å²) in [6.07, 6.45) is 1.75. The van der Waals surface area contributed by atoms with E-state index in [2.05, 4.69) is 20.6 Å². The van der Waals surface area contributed by atoms with Gasteiger partial charge in [-0.1, -0.05) is 23.2 Å². The fourth-order valence-corrected chi connectivity index (χ4v) is 1.70. The van der Waals surface area contributed by atoms with E-state index >= 15 is 0 Å². The molecule has 0 saturated carbocycles. The molecule has 0 aliphatic carbocycles. The van der Waals surface area contributed by atoms with Crippen molar-refractivity contribution in [2.24, 2.45) is 0 Å². The highest BCUT2D eigenvalue weighted by Crippen LogP contribution is 2.27. The number of aromatic nitrogens is 2. The maximum Gasteiger partial charge on any atom is 0.224 e. The van der Waals surface area contributed by atoms with Crippen LogP contribution < -0.4 is 10.6 Å². The zero-order valence-corrected chi connectivity index (χ0v) is 11.5. The Bertz CT molecular complexity index is 572. The molecule has 0 fully saturated rings. The van der Waals surface area contributed by atoms with Crippen LogP contribution in [0.25, 0.3) is 0 Å². The van der Waals surface area contributed by atoms with E-state index in [4.69, 9.17) is 23.2 Å². The average Bonchev–Trinajstić information content (AvgIpc) is 2.36. The predicted octanol–water partition coefficient (Wildman–Crippen LogP) is 3.88. The molecule has 0 atom stereocenters. The SMILES string of the molecule is CNc1ncc(C)c(Nc2ccc(Cl)c(Cl)c2)n1. The molecular weight excluding hydrogens is 271 g/mol. The lowest BCUT2D eigenvalue weighted by molar-refractivity contribution is 1.12. The molecule has 0 aliphatic heterocycles. The van der Waals surface area contributed by atoms with Gasteiger partial charge in [0.1, 0.15) is 5.82 Å². The molecule has 0 radical (unpaired) electrons. The summed E-state index contributed by atoms with van der Waals surface area (Å²) in [6, 6.07) is 5.33. The van der Waals surface area contributed by atoms with E-state index in [0.29, 0.717) is 16.0 Å². The van der Waals surface area contributed by atoms with Gasteiger partial charge in [-0.2, -0.15) is 4.98 Å². The molecule has 0 spiro atoms. The summed E-state index contributed by atoms with van der Waals surface area (Å²) in [6.45, 7) is 1.93. The first-order chi connectivity index (χ1) is 8.60. The van der Waals surface area contributed by atoms with Crippen LogP contribution in [0.5, 0.6) is 0 Å². The first-order valence-corrected chi connectivity index (χ1v) is 6.09. The van der Waals surface area contributed by atoms with Gasteiger partial charge >= 0.3 is 0 Å². The summed E-state index contributed by atoms with van der Waals surface area (Å²) < 4.78 is 0. The highest BCUT2D eigenvalue weighted by atomic mass is 35.5. The quantitative estimate of drug-likeness (QED) is 0.897.